The molecule has 2 N–H and O–H groups in total. The van der Waals surface area contributed by atoms with Gasteiger partial charge in [-0.05, 0) is 26.2 Å². The number of carboxylic acid groups (broad SMARTS) is 1. The molecule has 122 valence electrons. The number of aliphatic carboxylic acids is 1. The number of piperidine rings is 1. The number of hydrogen-bond donors (Lipinski definition) is 2. The van der Waals surface area contributed by atoms with E-state index in [0.29, 0.717) is 25.3 Å². The summed E-state index contributed by atoms with van der Waals surface area (Å²) in [5, 5.41) is 12.3. The predicted molar refractivity (Wildman–Crippen MR) is 84.3 cm³/mol. The van der Waals surface area contributed by atoms with Gasteiger partial charge in [0.25, 0.3) is 0 Å². The molecule has 0 amide bonds. The number of aromatic nitrogens is 2. The van der Waals surface area contributed by atoms with Crippen LogP contribution in [0.4, 0.5) is 11.6 Å². The van der Waals surface area contributed by atoms with E-state index >= 15 is 0 Å². The largest absolute Gasteiger partial charge is 0.481 e. The van der Waals surface area contributed by atoms with Crippen molar-refractivity contribution in [1.29, 1.82) is 0 Å². The normalized spacial score (nSPS) is 15.8. The van der Waals surface area contributed by atoms with E-state index in [-0.39, 0.29) is 5.92 Å². The van der Waals surface area contributed by atoms with Crippen molar-refractivity contribution in [1.82, 2.24) is 9.97 Å². The topological polar surface area (TPSA) is 87.6 Å². The SMILES string of the molecule is COCCCNc1cc(N2CCC(C(=O)O)CC2)nc(C)n1. The number of rotatable bonds is 7. The molecule has 1 aliphatic rings. The van der Waals surface area contributed by atoms with Crippen molar-refractivity contribution in [3.63, 3.8) is 0 Å². The molecule has 0 aliphatic carbocycles. The summed E-state index contributed by atoms with van der Waals surface area (Å²) in [4.78, 5) is 22.0. The highest BCUT2D eigenvalue weighted by Gasteiger charge is 2.25. The maximum absolute atomic E-state index is 11.0. The van der Waals surface area contributed by atoms with Crippen LogP contribution in [0.5, 0.6) is 0 Å². The third-order valence-corrected chi connectivity index (χ3v) is 3.82. The quantitative estimate of drug-likeness (QED) is 0.739. The van der Waals surface area contributed by atoms with Gasteiger partial charge in [0.05, 0.1) is 5.92 Å². The van der Waals surface area contributed by atoms with E-state index < -0.39 is 5.97 Å². The minimum absolute atomic E-state index is 0.231. The van der Waals surface area contributed by atoms with E-state index in [4.69, 9.17) is 9.84 Å². The van der Waals surface area contributed by atoms with Crippen LogP contribution in [0.15, 0.2) is 6.07 Å². The van der Waals surface area contributed by atoms with Gasteiger partial charge in [-0.1, -0.05) is 0 Å². The number of carboxylic acids is 1. The first-order valence-electron chi connectivity index (χ1n) is 7.66. The molecule has 1 saturated heterocycles. The van der Waals surface area contributed by atoms with Crippen LogP contribution in [0, 0.1) is 12.8 Å². The molecular weight excluding hydrogens is 284 g/mol. The second-order valence-electron chi connectivity index (χ2n) is 5.53. The first-order valence-corrected chi connectivity index (χ1v) is 7.66. The lowest BCUT2D eigenvalue weighted by Crippen LogP contribution is -2.37. The molecule has 0 saturated carbocycles. The Morgan fingerprint density at radius 1 is 1.45 bits per heavy atom. The van der Waals surface area contributed by atoms with E-state index in [9.17, 15) is 4.79 Å². The van der Waals surface area contributed by atoms with Gasteiger partial charge in [-0.15, -0.1) is 0 Å². The molecule has 0 bridgehead atoms. The van der Waals surface area contributed by atoms with Crippen molar-refractivity contribution in [2.75, 3.05) is 43.6 Å². The summed E-state index contributed by atoms with van der Waals surface area (Å²) in [6.07, 6.45) is 2.24. The molecule has 1 aliphatic heterocycles. The van der Waals surface area contributed by atoms with E-state index in [2.05, 4.69) is 20.2 Å². The lowest BCUT2D eigenvalue weighted by atomic mass is 9.97. The summed E-state index contributed by atoms with van der Waals surface area (Å²) in [5.74, 6) is 1.46. The average Bonchev–Trinajstić information content (AvgIpc) is 2.51. The van der Waals surface area contributed by atoms with Crippen molar-refractivity contribution in [2.45, 2.75) is 26.2 Å². The Kier molecular flexibility index (Phi) is 5.94. The van der Waals surface area contributed by atoms with Gasteiger partial charge in [0, 0.05) is 39.4 Å². The van der Waals surface area contributed by atoms with Gasteiger partial charge in [-0.25, -0.2) is 9.97 Å². The number of methoxy groups -OCH3 is 1. The van der Waals surface area contributed by atoms with Crippen LogP contribution < -0.4 is 10.2 Å². The number of carbonyl (C=O) groups is 1. The molecule has 0 radical (unpaired) electrons. The summed E-state index contributed by atoms with van der Waals surface area (Å²) in [7, 11) is 1.69. The van der Waals surface area contributed by atoms with Crippen LogP contribution in [0.25, 0.3) is 0 Å². The number of aryl methyl sites for hydroxylation is 1. The number of anilines is 2. The average molecular weight is 308 g/mol. The van der Waals surface area contributed by atoms with Gasteiger partial charge in [-0.3, -0.25) is 4.79 Å². The van der Waals surface area contributed by atoms with Crippen molar-refractivity contribution in [2.24, 2.45) is 5.92 Å². The van der Waals surface area contributed by atoms with Gasteiger partial charge >= 0.3 is 5.97 Å². The maximum atomic E-state index is 11.0. The monoisotopic (exact) mass is 308 g/mol. The second-order valence-corrected chi connectivity index (χ2v) is 5.53. The lowest BCUT2D eigenvalue weighted by molar-refractivity contribution is -0.142. The highest BCUT2D eigenvalue weighted by molar-refractivity contribution is 5.70. The zero-order chi connectivity index (χ0) is 15.9. The highest BCUT2D eigenvalue weighted by Crippen LogP contribution is 2.23. The standard InChI is InChI=1S/C15H24N4O3/c1-11-17-13(16-6-3-9-22-2)10-14(18-11)19-7-4-12(5-8-19)15(20)21/h10,12H,3-9H2,1-2H3,(H,20,21)(H,16,17,18). The van der Waals surface area contributed by atoms with E-state index in [0.717, 1.165) is 37.7 Å². The molecule has 22 heavy (non-hydrogen) atoms. The van der Waals surface area contributed by atoms with Gasteiger partial charge in [0.15, 0.2) is 0 Å². The molecule has 2 rings (SSSR count). The van der Waals surface area contributed by atoms with Crippen LogP contribution in [-0.2, 0) is 9.53 Å². The summed E-state index contributed by atoms with van der Waals surface area (Å²) in [6.45, 7) is 4.82. The Balaban J connectivity index is 1.96. The Morgan fingerprint density at radius 3 is 2.82 bits per heavy atom. The number of nitrogens with one attached hydrogen (secondary N) is 1. The molecule has 0 spiro atoms. The molecule has 0 atom stereocenters. The predicted octanol–water partition coefficient (Wildman–Crippen LogP) is 1.53. The summed E-state index contributed by atoms with van der Waals surface area (Å²) in [6, 6.07) is 1.93. The fourth-order valence-electron chi connectivity index (χ4n) is 2.59. The molecule has 1 fully saturated rings. The van der Waals surface area contributed by atoms with E-state index in [1.165, 1.54) is 0 Å². The van der Waals surface area contributed by atoms with Crippen LogP contribution in [0.3, 0.4) is 0 Å². The van der Waals surface area contributed by atoms with Gasteiger partial charge in [0.2, 0.25) is 0 Å². The smallest absolute Gasteiger partial charge is 0.306 e. The highest BCUT2D eigenvalue weighted by atomic mass is 16.5. The Hall–Kier alpha value is -1.89. The molecule has 1 aromatic heterocycles. The Bertz CT molecular complexity index is 502. The van der Waals surface area contributed by atoms with Crippen LogP contribution in [0.2, 0.25) is 0 Å². The van der Waals surface area contributed by atoms with Crippen molar-refractivity contribution >= 4 is 17.6 Å². The van der Waals surface area contributed by atoms with Crippen molar-refractivity contribution in [3.05, 3.63) is 11.9 Å². The fourth-order valence-corrected chi connectivity index (χ4v) is 2.59. The minimum atomic E-state index is -0.695. The summed E-state index contributed by atoms with van der Waals surface area (Å²) >= 11 is 0. The third-order valence-electron chi connectivity index (χ3n) is 3.82. The summed E-state index contributed by atoms with van der Waals surface area (Å²) < 4.78 is 5.02. The van der Waals surface area contributed by atoms with Crippen LogP contribution in [0.1, 0.15) is 25.1 Å². The second kappa shape index (κ2) is 7.93. The zero-order valence-electron chi connectivity index (χ0n) is 13.2. The molecule has 7 nitrogen and oxygen atoms in total. The van der Waals surface area contributed by atoms with Crippen molar-refractivity contribution < 1.29 is 14.6 Å². The number of hydrogen-bond acceptors (Lipinski definition) is 6. The Labute approximate surface area is 130 Å². The molecule has 0 aromatic carbocycles. The van der Waals surface area contributed by atoms with Gasteiger partial charge in [0.1, 0.15) is 17.5 Å². The molecular formula is C15H24N4O3. The van der Waals surface area contributed by atoms with Gasteiger partial charge in [-0.2, -0.15) is 0 Å². The zero-order valence-corrected chi connectivity index (χ0v) is 13.2. The fraction of sp³-hybridized carbons (Fsp3) is 0.667. The molecule has 1 aromatic rings. The minimum Gasteiger partial charge on any atom is -0.481 e. The van der Waals surface area contributed by atoms with E-state index in [1.807, 2.05) is 13.0 Å². The maximum Gasteiger partial charge on any atom is 0.306 e. The Morgan fingerprint density at radius 2 is 2.18 bits per heavy atom. The summed E-state index contributed by atoms with van der Waals surface area (Å²) in [5.41, 5.74) is 0. The van der Waals surface area contributed by atoms with Gasteiger partial charge < -0.3 is 20.1 Å². The first kappa shape index (κ1) is 16.5. The van der Waals surface area contributed by atoms with Crippen LogP contribution in [-0.4, -0.2) is 54.4 Å². The molecule has 7 heteroatoms. The lowest BCUT2D eigenvalue weighted by Gasteiger charge is -2.31. The number of ether oxygens (including phenoxy) is 1. The molecule has 2 heterocycles. The van der Waals surface area contributed by atoms with Crippen LogP contribution >= 0.6 is 0 Å². The number of nitrogens with zero attached hydrogens (tertiary/aromatic N) is 3. The first-order chi connectivity index (χ1) is 10.6. The van der Waals surface area contributed by atoms with E-state index in [1.54, 1.807) is 7.11 Å². The third kappa shape index (κ3) is 4.56. The molecule has 0 unspecified atom stereocenters. The van der Waals surface area contributed by atoms with Crippen molar-refractivity contribution in [3.8, 4) is 0 Å².